The molecule has 0 aliphatic carbocycles. The van der Waals surface area contributed by atoms with Gasteiger partial charge in [-0.3, -0.25) is 4.90 Å². The Morgan fingerprint density at radius 1 is 1.29 bits per heavy atom. The lowest BCUT2D eigenvalue weighted by Gasteiger charge is -2.40. The van der Waals surface area contributed by atoms with Gasteiger partial charge in [0.25, 0.3) is 6.43 Å². The summed E-state index contributed by atoms with van der Waals surface area (Å²) < 4.78 is 24.8. The van der Waals surface area contributed by atoms with Crippen molar-refractivity contribution < 1.29 is 8.78 Å². The fourth-order valence-corrected chi connectivity index (χ4v) is 1.76. The molecule has 3 heteroatoms. The Morgan fingerprint density at radius 3 is 2.50 bits per heavy atom. The Balaban J connectivity index is 1.93. The van der Waals surface area contributed by atoms with E-state index in [9.17, 15) is 8.78 Å². The lowest BCUT2D eigenvalue weighted by atomic mass is 10.0. The minimum absolute atomic E-state index is 0.518. The van der Waals surface area contributed by atoms with Crippen molar-refractivity contribution in [2.24, 2.45) is 0 Å². The van der Waals surface area contributed by atoms with Gasteiger partial charge >= 0.3 is 0 Å². The number of likely N-dealkylation sites (tertiary alicyclic amines) is 1. The fraction of sp³-hybridized carbons (Fsp3) is 0.455. The van der Waals surface area contributed by atoms with Crippen molar-refractivity contribution in [2.75, 3.05) is 6.54 Å². The topological polar surface area (TPSA) is 3.24 Å². The second-order valence-corrected chi connectivity index (χ2v) is 3.65. The van der Waals surface area contributed by atoms with Crippen LogP contribution in [0.1, 0.15) is 12.0 Å². The fourth-order valence-electron chi connectivity index (χ4n) is 1.76. The van der Waals surface area contributed by atoms with Crippen molar-refractivity contribution in [3.63, 3.8) is 0 Å². The Hall–Kier alpha value is -0.960. The number of nitrogens with zero attached hydrogens (tertiary/aromatic N) is 1. The molecule has 0 spiro atoms. The Kier molecular flexibility index (Phi) is 2.77. The summed E-state index contributed by atoms with van der Waals surface area (Å²) in [5.41, 5.74) is 1.11. The standard InChI is InChI=1S/C11H13F2N/c12-11(13)10-6-7-14(10)8-9-4-2-1-3-5-9/h1-5,10-11H,6-8H2. The average Bonchev–Trinajstić information content (AvgIpc) is 2.13. The SMILES string of the molecule is FC(F)C1CCN1Cc1ccccc1. The van der Waals surface area contributed by atoms with E-state index >= 15 is 0 Å². The number of alkyl halides is 2. The lowest BCUT2D eigenvalue weighted by Crippen LogP contribution is -2.50. The van der Waals surface area contributed by atoms with Crippen molar-refractivity contribution in [3.05, 3.63) is 35.9 Å². The summed E-state index contributed by atoms with van der Waals surface area (Å²) in [6.45, 7) is 1.44. The predicted octanol–water partition coefficient (Wildman–Crippen LogP) is 2.53. The van der Waals surface area contributed by atoms with Gasteiger partial charge in [0.1, 0.15) is 0 Å². The molecule has 0 radical (unpaired) electrons. The van der Waals surface area contributed by atoms with Gasteiger partial charge in [-0.2, -0.15) is 0 Å². The summed E-state index contributed by atoms with van der Waals surface area (Å²) in [4.78, 5) is 1.83. The molecule has 0 aromatic heterocycles. The van der Waals surface area contributed by atoms with Gasteiger partial charge in [0.15, 0.2) is 0 Å². The van der Waals surface area contributed by atoms with E-state index in [0.29, 0.717) is 13.0 Å². The number of rotatable bonds is 3. The van der Waals surface area contributed by atoms with Crippen molar-refractivity contribution >= 4 is 0 Å². The second-order valence-electron chi connectivity index (χ2n) is 3.65. The average molecular weight is 197 g/mol. The molecule has 0 amide bonds. The van der Waals surface area contributed by atoms with Crippen LogP contribution in [0.25, 0.3) is 0 Å². The van der Waals surface area contributed by atoms with Crippen LogP contribution in [0.4, 0.5) is 8.78 Å². The normalized spacial score (nSPS) is 22.4. The zero-order valence-electron chi connectivity index (χ0n) is 7.87. The predicted molar refractivity (Wildman–Crippen MR) is 51.3 cm³/mol. The molecule has 1 saturated heterocycles. The molecular formula is C11H13F2N. The van der Waals surface area contributed by atoms with Gasteiger partial charge in [-0.05, 0) is 12.0 Å². The highest BCUT2D eigenvalue weighted by atomic mass is 19.3. The molecular weight excluding hydrogens is 184 g/mol. The number of benzene rings is 1. The molecule has 76 valence electrons. The van der Waals surface area contributed by atoms with Crippen LogP contribution < -0.4 is 0 Å². The van der Waals surface area contributed by atoms with Crippen LogP contribution in [0.15, 0.2) is 30.3 Å². The zero-order chi connectivity index (χ0) is 9.97. The van der Waals surface area contributed by atoms with Gasteiger partial charge in [0, 0.05) is 13.1 Å². The molecule has 1 aromatic carbocycles. The smallest absolute Gasteiger partial charge is 0.253 e. The van der Waals surface area contributed by atoms with Gasteiger partial charge in [0.05, 0.1) is 6.04 Å². The van der Waals surface area contributed by atoms with Crippen molar-refractivity contribution in [2.45, 2.75) is 25.4 Å². The van der Waals surface area contributed by atoms with E-state index in [2.05, 4.69) is 0 Å². The van der Waals surface area contributed by atoms with E-state index in [-0.39, 0.29) is 0 Å². The van der Waals surface area contributed by atoms with Crippen LogP contribution in [0.2, 0.25) is 0 Å². The van der Waals surface area contributed by atoms with E-state index in [1.165, 1.54) is 0 Å². The van der Waals surface area contributed by atoms with E-state index in [1.54, 1.807) is 0 Å². The molecule has 1 nitrogen and oxygen atoms in total. The van der Waals surface area contributed by atoms with Crippen LogP contribution in [-0.4, -0.2) is 23.9 Å². The third kappa shape index (κ3) is 1.93. The van der Waals surface area contributed by atoms with Gasteiger partial charge in [-0.1, -0.05) is 30.3 Å². The van der Waals surface area contributed by atoms with Gasteiger partial charge in [0.2, 0.25) is 0 Å². The van der Waals surface area contributed by atoms with Crippen LogP contribution in [0.5, 0.6) is 0 Å². The first-order chi connectivity index (χ1) is 6.77. The molecule has 1 aliphatic heterocycles. The second kappa shape index (κ2) is 4.05. The highest BCUT2D eigenvalue weighted by Gasteiger charge is 2.34. The van der Waals surface area contributed by atoms with Gasteiger partial charge in [-0.15, -0.1) is 0 Å². The molecule has 1 aliphatic rings. The first-order valence-corrected chi connectivity index (χ1v) is 4.83. The van der Waals surface area contributed by atoms with Gasteiger partial charge < -0.3 is 0 Å². The molecule has 2 rings (SSSR count). The molecule has 0 N–H and O–H groups in total. The van der Waals surface area contributed by atoms with Crippen LogP contribution in [0, 0.1) is 0 Å². The third-order valence-corrected chi connectivity index (χ3v) is 2.70. The highest BCUT2D eigenvalue weighted by molar-refractivity contribution is 5.15. The Bertz CT molecular complexity index is 287. The molecule has 14 heavy (non-hydrogen) atoms. The van der Waals surface area contributed by atoms with Crippen molar-refractivity contribution in [1.82, 2.24) is 4.90 Å². The highest BCUT2D eigenvalue weighted by Crippen LogP contribution is 2.25. The zero-order valence-corrected chi connectivity index (χ0v) is 7.87. The molecule has 1 atom stereocenters. The quantitative estimate of drug-likeness (QED) is 0.719. The van der Waals surface area contributed by atoms with Crippen molar-refractivity contribution in [1.29, 1.82) is 0 Å². The van der Waals surface area contributed by atoms with E-state index < -0.39 is 12.5 Å². The summed E-state index contributed by atoms with van der Waals surface area (Å²) >= 11 is 0. The molecule has 1 heterocycles. The molecule has 1 fully saturated rings. The number of halogens is 2. The minimum Gasteiger partial charge on any atom is -0.291 e. The molecule has 0 bridgehead atoms. The maximum absolute atomic E-state index is 12.4. The number of hydrogen-bond donors (Lipinski definition) is 0. The summed E-state index contributed by atoms with van der Waals surface area (Å²) in [6, 6.07) is 9.24. The largest absolute Gasteiger partial charge is 0.291 e. The van der Waals surface area contributed by atoms with Crippen LogP contribution in [-0.2, 0) is 6.54 Å². The molecule has 1 unspecified atom stereocenters. The first kappa shape index (κ1) is 9.59. The maximum atomic E-state index is 12.4. The minimum atomic E-state index is -2.20. The Labute approximate surface area is 82.3 Å². The third-order valence-electron chi connectivity index (χ3n) is 2.70. The van der Waals surface area contributed by atoms with Crippen LogP contribution >= 0.6 is 0 Å². The van der Waals surface area contributed by atoms with Gasteiger partial charge in [-0.25, -0.2) is 8.78 Å². The summed E-state index contributed by atoms with van der Waals surface area (Å²) in [5, 5.41) is 0. The summed E-state index contributed by atoms with van der Waals surface area (Å²) in [6.07, 6.45) is -1.57. The molecule has 1 aromatic rings. The van der Waals surface area contributed by atoms with E-state index in [0.717, 1.165) is 12.1 Å². The van der Waals surface area contributed by atoms with E-state index in [1.807, 2.05) is 35.2 Å². The number of hydrogen-bond acceptors (Lipinski definition) is 1. The summed E-state index contributed by atoms with van der Waals surface area (Å²) in [5.74, 6) is 0. The first-order valence-electron chi connectivity index (χ1n) is 4.83. The Morgan fingerprint density at radius 2 is 2.00 bits per heavy atom. The van der Waals surface area contributed by atoms with E-state index in [4.69, 9.17) is 0 Å². The summed E-state index contributed by atoms with van der Waals surface area (Å²) in [7, 11) is 0. The lowest BCUT2D eigenvalue weighted by molar-refractivity contribution is -0.0388. The van der Waals surface area contributed by atoms with Crippen LogP contribution in [0.3, 0.4) is 0 Å². The molecule has 0 saturated carbocycles. The monoisotopic (exact) mass is 197 g/mol. The maximum Gasteiger partial charge on any atom is 0.253 e. The van der Waals surface area contributed by atoms with Crippen molar-refractivity contribution in [3.8, 4) is 0 Å².